The lowest BCUT2D eigenvalue weighted by atomic mass is 10.1. The number of ether oxygens (including phenoxy) is 2. The summed E-state index contributed by atoms with van der Waals surface area (Å²) in [7, 11) is 1.45. The maximum atomic E-state index is 12.8. The summed E-state index contributed by atoms with van der Waals surface area (Å²) in [5.41, 5.74) is 4.14. The number of halogens is 3. The van der Waals surface area contributed by atoms with Gasteiger partial charge < -0.3 is 14.8 Å². The van der Waals surface area contributed by atoms with Crippen LogP contribution in [0.4, 0.5) is 5.69 Å². The molecule has 0 atom stereocenters. The van der Waals surface area contributed by atoms with E-state index in [1.54, 1.807) is 72.8 Å². The maximum absolute atomic E-state index is 12.8. The fourth-order valence-corrected chi connectivity index (χ4v) is 5.04. The van der Waals surface area contributed by atoms with E-state index in [0.717, 1.165) is 0 Å². The molecule has 0 unspecified atom stereocenters. The molecule has 0 bridgehead atoms. The first kappa shape index (κ1) is 29.0. The van der Waals surface area contributed by atoms with Crippen LogP contribution in [0.5, 0.6) is 11.5 Å². The van der Waals surface area contributed by atoms with Crippen molar-refractivity contribution in [3.05, 3.63) is 121 Å². The van der Waals surface area contributed by atoms with Crippen molar-refractivity contribution in [2.75, 3.05) is 12.4 Å². The van der Waals surface area contributed by atoms with Crippen molar-refractivity contribution in [3.63, 3.8) is 0 Å². The van der Waals surface area contributed by atoms with E-state index in [4.69, 9.17) is 21.1 Å². The first-order valence-corrected chi connectivity index (χ1v) is 13.6. The van der Waals surface area contributed by atoms with E-state index in [-0.39, 0.29) is 16.9 Å². The molecule has 0 heterocycles. The molecule has 2 N–H and O–H groups in total. The third kappa shape index (κ3) is 7.35. The first-order valence-electron chi connectivity index (χ1n) is 11.6. The quantitative estimate of drug-likeness (QED) is 0.0891. The van der Waals surface area contributed by atoms with Crippen LogP contribution in [-0.4, -0.2) is 31.1 Å². The molecule has 0 aliphatic rings. The summed E-state index contributed by atoms with van der Waals surface area (Å²) in [6.45, 7) is 0. The van der Waals surface area contributed by atoms with Crippen molar-refractivity contribution in [2.45, 2.75) is 0 Å². The molecule has 8 nitrogen and oxygen atoms in total. The Morgan fingerprint density at radius 1 is 0.875 bits per heavy atom. The topological polar surface area (TPSA) is 106 Å². The Balaban J connectivity index is 1.47. The van der Waals surface area contributed by atoms with Crippen molar-refractivity contribution in [3.8, 4) is 11.5 Å². The summed E-state index contributed by atoms with van der Waals surface area (Å²) >= 11 is 12.8. The summed E-state index contributed by atoms with van der Waals surface area (Å²) < 4.78 is 12.1. The highest BCUT2D eigenvalue weighted by atomic mass is 79.9. The Morgan fingerprint density at radius 2 is 1.62 bits per heavy atom. The molecule has 4 rings (SSSR count). The number of esters is 1. The highest BCUT2D eigenvalue weighted by molar-refractivity contribution is 9.11. The van der Waals surface area contributed by atoms with E-state index in [2.05, 4.69) is 47.7 Å². The normalized spacial score (nSPS) is 10.7. The van der Waals surface area contributed by atoms with Gasteiger partial charge in [0.1, 0.15) is 5.75 Å². The second-order valence-corrected chi connectivity index (χ2v) is 10.3. The molecule has 40 heavy (non-hydrogen) atoms. The SMILES string of the molecule is COc1ccc(Cl)cc1C(=O)Nc1cccc(C(=O)NN=Cc2cc(Br)cc(Br)c2OC(=O)c2ccccc2)c1. The van der Waals surface area contributed by atoms with Gasteiger partial charge >= 0.3 is 5.97 Å². The molecule has 0 saturated carbocycles. The molecular weight excluding hydrogens is 666 g/mol. The van der Waals surface area contributed by atoms with Gasteiger partial charge in [-0.2, -0.15) is 5.10 Å². The average Bonchev–Trinajstić information content (AvgIpc) is 2.95. The molecule has 0 saturated heterocycles. The Hall–Kier alpha value is -3.99. The van der Waals surface area contributed by atoms with E-state index in [1.807, 2.05) is 0 Å². The standard InChI is InChI=1S/C29H20Br2ClN3O5/c1-39-25-11-10-21(32)15-23(25)28(37)34-22-9-5-8-18(13-22)27(36)35-33-16-19-12-20(30)14-24(31)26(19)40-29(38)17-6-3-2-4-7-17/h2-16H,1H3,(H,34,37)(H,35,36). The van der Waals surface area contributed by atoms with Crippen molar-refractivity contribution >= 4 is 73.1 Å². The Morgan fingerprint density at radius 3 is 2.38 bits per heavy atom. The van der Waals surface area contributed by atoms with Gasteiger partial charge in [-0.1, -0.05) is 51.8 Å². The predicted octanol–water partition coefficient (Wildman–Crippen LogP) is 7.11. The van der Waals surface area contributed by atoms with Crippen molar-refractivity contribution < 1.29 is 23.9 Å². The van der Waals surface area contributed by atoms with Crippen molar-refractivity contribution in [1.82, 2.24) is 5.43 Å². The molecule has 0 spiro atoms. The second-order valence-electron chi connectivity index (χ2n) is 8.14. The zero-order valence-corrected chi connectivity index (χ0v) is 24.7. The molecule has 0 aliphatic carbocycles. The van der Waals surface area contributed by atoms with Crippen LogP contribution in [-0.2, 0) is 0 Å². The smallest absolute Gasteiger partial charge is 0.343 e. The van der Waals surface area contributed by atoms with E-state index >= 15 is 0 Å². The molecule has 4 aromatic rings. The molecule has 0 aliphatic heterocycles. The Bertz CT molecular complexity index is 1610. The fraction of sp³-hybridized carbons (Fsp3) is 0.0345. The number of hydrazone groups is 1. The number of carbonyl (C=O) groups is 3. The summed E-state index contributed by atoms with van der Waals surface area (Å²) in [5, 5.41) is 7.15. The zero-order valence-electron chi connectivity index (χ0n) is 20.8. The molecular formula is C29H20Br2ClN3O5. The monoisotopic (exact) mass is 683 g/mol. The molecule has 202 valence electrons. The van der Waals surface area contributed by atoms with Crippen LogP contribution < -0.4 is 20.2 Å². The minimum atomic E-state index is -0.545. The van der Waals surface area contributed by atoms with Gasteiger partial charge in [-0.25, -0.2) is 10.2 Å². The van der Waals surface area contributed by atoms with Crippen LogP contribution in [0.3, 0.4) is 0 Å². The van der Waals surface area contributed by atoms with Crippen LogP contribution in [0, 0.1) is 0 Å². The minimum absolute atomic E-state index is 0.233. The molecule has 0 radical (unpaired) electrons. The third-order valence-corrected chi connectivity index (χ3v) is 6.68. The van der Waals surface area contributed by atoms with Gasteiger partial charge in [0, 0.05) is 26.3 Å². The predicted molar refractivity (Wildman–Crippen MR) is 161 cm³/mol. The van der Waals surface area contributed by atoms with Crippen molar-refractivity contribution in [2.24, 2.45) is 5.10 Å². The van der Waals surface area contributed by atoms with Gasteiger partial charge in [-0.15, -0.1) is 0 Å². The summed E-state index contributed by atoms with van der Waals surface area (Å²) in [4.78, 5) is 38.2. The van der Waals surface area contributed by atoms with Crippen LogP contribution in [0.2, 0.25) is 5.02 Å². The van der Waals surface area contributed by atoms with Crippen LogP contribution in [0.15, 0.2) is 99.0 Å². The molecule has 4 aromatic carbocycles. The van der Waals surface area contributed by atoms with Gasteiger partial charge in [0.05, 0.1) is 28.9 Å². The summed E-state index contributed by atoms with van der Waals surface area (Å²) in [5.74, 6) is -0.928. The number of benzene rings is 4. The van der Waals surface area contributed by atoms with Crippen molar-refractivity contribution in [1.29, 1.82) is 0 Å². The highest BCUT2D eigenvalue weighted by Gasteiger charge is 2.16. The molecule has 0 fully saturated rings. The van der Waals surface area contributed by atoms with Gasteiger partial charge in [-0.3, -0.25) is 9.59 Å². The lowest BCUT2D eigenvalue weighted by Gasteiger charge is -2.11. The Kier molecular flexibility index (Phi) is 9.70. The fourth-order valence-electron chi connectivity index (χ4n) is 3.53. The molecule has 0 aromatic heterocycles. The average molecular weight is 686 g/mol. The number of carbonyl (C=O) groups excluding carboxylic acids is 3. The number of nitrogens with one attached hydrogen (secondary N) is 2. The van der Waals surface area contributed by atoms with Crippen LogP contribution >= 0.6 is 43.5 Å². The maximum Gasteiger partial charge on any atom is 0.343 e. The Labute approximate surface area is 251 Å². The van der Waals surface area contributed by atoms with E-state index < -0.39 is 17.8 Å². The number of hydrogen-bond donors (Lipinski definition) is 2. The minimum Gasteiger partial charge on any atom is -0.496 e. The van der Waals surface area contributed by atoms with E-state index in [0.29, 0.717) is 36.5 Å². The number of methoxy groups -OCH3 is 1. The van der Waals surface area contributed by atoms with Gasteiger partial charge in [0.15, 0.2) is 5.75 Å². The number of hydrogen-bond acceptors (Lipinski definition) is 6. The van der Waals surface area contributed by atoms with Crippen LogP contribution in [0.1, 0.15) is 36.6 Å². The molecule has 11 heteroatoms. The lowest BCUT2D eigenvalue weighted by molar-refractivity contribution is 0.0732. The largest absolute Gasteiger partial charge is 0.496 e. The van der Waals surface area contributed by atoms with E-state index in [9.17, 15) is 14.4 Å². The summed E-state index contributed by atoms with van der Waals surface area (Å²) in [6, 6.07) is 23.0. The zero-order chi connectivity index (χ0) is 28.6. The number of nitrogens with zero attached hydrogens (tertiary/aromatic N) is 1. The van der Waals surface area contributed by atoms with E-state index in [1.165, 1.54) is 25.5 Å². The highest BCUT2D eigenvalue weighted by Crippen LogP contribution is 2.33. The van der Waals surface area contributed by atoms with Gasteiger partial charge in [0.2, 0.25) is 0 Å². The van der Waals surface area contributed by atoms with Gasteiger partial charge in [-0.05, 0) is 76.6 Å². The lowest BCUT2D eigenvalue weighted by Crippen LogP contribution is -2.19. The number of anilines is 1. The molecule has 2 amide bonds. The number of amides is 2. The first-order chi connectivity index (χ1) is 19.2. The number of rotatable bonds is 8. The van der Waals surface area contributed by atoms with Gasteiger partial charge in [0.25, 0.3) is 11.8 Å². The summed E-state index contributed by atoms with van der Waals surface area (Å²) in [6.07, 6.45) is 1.36. The second kappa shape index (κ2) is 13.4. The third-order valence-electron chi connectivity index (χ3n) is 5.40. The van der Waals surface area contributed by atoms with Crippen LogP contribution in [0.25, 0.3) is 0 Å².